The summed E-state index contributed by atoms with van der Waals surface area (Å²) in [6.07, 6.45) is 2.28. The van der Waals surface area contributed by atoms with E-state index in [-0.39, 0.29) is 0 Å². The fraction of sp³-hybridized carbons (Fsp3) is 0.400. The molecule has 0 saturated heterocycles. The molecule has 2 aromatic carbocycles. The minimum absolute atomic E-state index is 0.699. The molecule has 0 bridgehead atoms. The molecule has 0 heterocycles. The second-order valence-corrected chi connectivity index (χ2v) is 12.4. The maximum atomic E-state index is 6.80. The Hall–Kier alpha value is -0.540. The van der Waals surface area contributed by atoms with Crippen LogP contribution in [-0.2, 0) is 12.8 Å². The molecule has 0 spiro atoms. The molecule has 0 aliphatic carbocycles. The van der Waals surface area contributed by atoms with Crippen molar-refractivity contribution in [1.29, 1.82) is 0 Å². The van der Waals surface area contributed by atoms with Crippen molar-refractivity contribution in [2.24, 2.45) is 11.8 Å². The van der Waals surface area contributed by atoms with Gasteiger partial charge in [0.15, 0.2) is 0 Å². The molecule has 2 aromatic rings. The van der Waals surface area contributed by atoms with Gasteiger partial charge in [0.2, 0.25) is 0 Å². The standard InChI is InChI=1S/C20H26ClI/c1-15(2)13-17-5-9-19(10-6-17)22(21)20-11-7-18(8-12-20)14-16(3)4/h5-12,15-16H,13-14H2,1-4H3. The van der Waals surface area contributed by atoms with Gasteiger partial charge in [-0.2, -0.15) is 0 Å². The minimum atomic E-state index is -1.75. The summed E-state index contributed by atoms with van der Waals surface area (Å²) >= 11 is -1.75. The van der Waals surface area contributed by atoms with E-state index in [1.165, 1.54) is 18.3 Å². The van der Waals surface area contributed by atoms with E-state index >= 15 is 0 Å². The summed E-state index contributed by atoms with van der Waals surface area (Å²) in [7, 11) is 6.80. The predicted octanol–water partition coefficient (Wildman–Crippen LogP) is 6.78. The van der Waals surface area contributed by atoms with Gasteiger partial charge < -0.3 is 0 Å². The Morgan fingerprint density at radius 2 is 1.00 bits per heavy atom. The number of hydrogen-bond acceptors (Lipinski definition) is 0. The van der Waals surface area contributed by atoms with E-state index in [1.54, 1.807) is 0 Å². The van der Waals surface area contributed by atoms with Crippen LogP contribution >= 0.6 is 27.6 Å². The second kappa shape index (κ2) is 8.35. The Balaban J connectivity index is 2.08. The molecule has 0 nitrogen and oxygen atoms in total. The fourth-order valence-electron chi connectivity index (χ4n) is 2.53. The average molecular weight is 429 g/mol. The summed E-state index contributed by atoms with van der Waals surface area (Å²) in [6.45, 7) is 9.03. The molecule has 0 radical (unpaired) electrons. The van der Waals surface area contributed by atoms with Gasteiger partial charge in [-0.3, -0.25) is 0 Å². The monoisotopic (exact) mass is 428 g/mol. The van der Waals surface area contributed by atoms with Crippen LogP contribution in [0, 0.1) is 19.0 Å². The van der Waals surface area contributed by atoms with Gasteiger partial charge in [0.05, 0.1) is 0 Å². The second-order valence-electron chi connectivity index (χ2n) is 6.69. The Labute approximate surface area is 146 Å². The summed E-state index contributed by atoms with van der Waals surface area (Å²) in [5, 5.41) is 0. The quantitative estimate of drug-likeness (QED) is 0.445. The van der Waals surface area contributed by atoms with Gasteiger partial charge in [-0.15, -0.1) is 0 Å². The first-order valence-corrected chi connectivity index (χ1v) is 12.9. The Bertz CT molecular complexity index is 516. The third-order valence-corrected chi connectivity index (χ3v) is 9.34. The van der Waals surface area contributed by atoms with Crippen molar-refractivity contribution in [3.05, 3.63) is 66.8 Å². The van der Waals surface area contributed by atoms with Gasteiger partial charge in [0, 0.05) is 0 Å². The molecule has 120 valence electrons. The first-order valence-electron chi connectivity index (χ1n) is 8.00. The van der Waals surface area contributed by atoms with Crippen LogP contribution in [0.5, 0.6) is 0 Å². The summed E-state index contributed by atoms with van der Waals surface area (Å²) in [5.74, 6) is 1.40. The molecule has 0 N–H and O–H groups in total. The van der Waals surface area contributed by atoms with Crippen molar-refractivity contribution in [3.8, 4) is 0 Å². The van der Waals surface area contributed by atoms with Gasteiger partial charge >= 0.3 is 147 Å². The normalized spacial score (nSPS) is 12.0. The Morgan fingerprint density at radius 1 is 0.682 bits per heavy atom. The van der Waals surface area contributed by atoms with E-state index in [1.807, 2.05) is 0 Å². The molecule has 0 unspecified atom stereocenters. The Kier molecular flexibility index (Phi) is 6.76. The molecule has 0 atom stereocenters. The summed E-state index contributed by atoms with van der Waals surface area (Å²) in [5.41, 5.74) is 2.82. The maximum absolute atomic E-state index is 6.80. The van der Waals surface area contributed by atoms with E-state index in [9.17, 15) is 0 Å². The number of hydrogen-bond donors (Lipinski definition) is 0. The summed E-state index contributed by atoms with van der Waals surface area (Å²) < 4.78 is 2.66. The third kappa shape index (κ3) is 5.27. The van der Waals surface area contributed by atoms with Crippen LogP contribution in [0.25, 0.3) is 0 Å². The van der Waals surface area contributed by atoms with E-state index in [2.05, 4.69) is 76.2 Å². The Morgan fingerprint density at radius 3 is 1.27 bits per heavy atom. The zero-order valence-corrected chi connectivity index (χ0v) is 16.9. The zero-order chi connectivity index (χ0) is 16.1. The first-order chi connectivity index (χ1) is 10.5. The van der Waals surface area contributed by atoms with Crippen molar-refractivity contribution in [3.63, 3.8) is 0 Å². The molecule has 0 amide bonds. The molecular formula is C20H26ClI. The van der Waals surface area contributed by atoms with Crippen LogP contribution in [0.4, 0.5) is 0 Å². The number of benzene rings is 2. The van der Waals surface area contributed by atoms with Gasteiger partial charge in [-0.05, 0) is 0 Å². The van der Waals surface area contributed by atoms with Crippen LogP contribution in [0.15, 0.2) is 48.5 Å². The van der Waals surface area contributed by atoms with Crippen LogP contribution < -0.4 is 0 Å². The van der Waals surface area contributed by atoms with Crippen LogP contribution in [0.2, 0.25) is 0 Å². The molecule has 0 aliphatic heterocycles. The third-order valence-electron chi connectivity index (χ3n) is 3.50. The molecule has 22 heavy (non-hydrogen) atoms. The van der Waals surface area contributed by atoms with E-state index in [0.717, 1.165) is 12.8 Å². The van der Waals surface area contributed by atoms with Crippen LogP contribution in [-0.4, -0.2) is 0 Å². The number of halogens is 2. The van der Waals surface area contributed by atoms with E-state index < -0.39 is 18.7 Å². The van der Waals surface area contributed by atoms with Crippen LogP contribution in [0.1, 0.15) is 38.8 Å². The van der Waals surface area contributed by atoms with Crippen molar-refractivity contribution in [2.75, 3.05) is 0 Å². The molecule has 0 saturated carbocycles. The van der Waals surface area contributed by atoms with Crippen molar-refractivity contribution in [1.82, 2.24) is 0 Å². The van der Waals surface area contributed by atoms with Crippen LogP contribution in [0.3, 0.4) is 0 Å². The average Bonchev–Trinajstić information content (AvgIpc) is 2.47. The molecule has 0 fully saturated rings. The van der Waals surface area contributed by atoms with Crippen molar-refractivity contribution < 1.29 is 0 Å². The molecule has 0 aromatic heterocycles. The SMILES string of the molecule is CC(C)Cc1ccc(I(Cl)c2ccc(CC(C)C)cc2)cc1. The van der Waals surface area contributed by atoms with E-state index in [0.29, 0.717) is 11.8 Å². The molecule has 0 aliphatic rings. The fourth-order valence-corrected chi connectivity index (χ4v) is 6.51. The predicted molar refractivity (Wildman–Crippen MR) is 107 cm³/mol. The van der Waals surface area contributed by atoms with Crippen molar-refractivity contribution in [2.45, 2.75) is 40.5 Å². The van der Waals surface area contributed by atoms with Crippen molar-refractivity contribution >= 4 is 27.6 Å². The molecular weight excluding hydrogens is 403 g/mol. The zero-order valence-electron chi connectivity index (χ0n) is 13.9. The topological polar surface area (TPSA) is 0 Å². The van der Waals surface area contributed by atoms with Gasteiger partial charge in [0.1, 0.15) is 0 Å². The van der Waals surface area contributed by atoms with Gasteiger partial charge in [0.25, 0.3) is 0 Å². The van der Waals surface area contributed by atoms with E-state index in [4.69, 9.17) is 8.91 Å². The van der Waals surface area contributed by atoms with Gasteiger partial charge in [-0.1, -0.05) is 0 Å². The summed E-state index contributed by atoms with van der Waals surface area (Å²) in [4.78, 5) is 0. The van der Waals surface area contributed by atoms with Gasteiger partial charge in [-0.25, -0.2) is 0 Å². The molecule has 2 heteroatoms. The number of rotatable bonds is 6. The summed E-state index contributed by atoms with van der Waals surface area (Å²) in [6, 6.07) is 17.9. The molecule has 2 rings (SSSR count). The first kappa shape index (κ1) is 17.8.